The molecule has 0 saturated heterocycles. The number of imidazole rings is 1. The molecule has 0 fully saturated rings. The van der Waals surface area contributed by atoms with Gasteiger partial charge in [0.2, 0.25) is 5.95 Å². The van der Waals surface area contributed by atoms with Crippen molar-refractivity contribution in [1.82, 2.24) is 19.5 Å². The van der Waals surface area contributed by atoms with Crippen LogP contribution < -0.4 is 11.3 Å². The Bertz CT molecular complexity index is 686. The van der Waals surface area contributed by atoms with E-state index >= 15 is 0 Å². The number of hydrogen-bond donors (Lipinski definition) is 3. The zero-order valence-corrected chi connectivity index (χ0v) is 9.33. The Hall–Kier alpha value is -2.35. The quantitative estimate of drug-likeness (QED) is 0.646. The molecule has 1 aliphatic rings. The summed E-state index contributed by atoms with van der Waals surface area (Å²) in [5.41, 5.74) is 6.50. The number of aliphatic hydroxyl groups is 1. The van der Waals surface area contributed by atoms with Crippen LogP contribution in [0.3, 0.4) is 0 Å². The van der Waals surface area contributed by atoms with E-state index in [4.69, 9.17) is 15.6 Å². The number of aromatic nitrogens is 4. The lowest BCUT2D eigenvalue weighted by Gasteiger charge is -2.05. The maximum absolute atomic E-state index is 11.6. The van der Waals surface area contributed by atoms with E-state index in [2.05, 4.69) is 15.0 Å². The average molecular weight is 249 g/mol. The van der Waals surface area contributed by atoms with Crippen molar-refractivity contribution in [2.45, 2.75) is 12.5 Å². The summed E-state index contributed by atoms with van der Waals surface area (Å²) in [7, 11) is 0. The van der Waals surface area contributed by atoms with Gasteiger partial charge in [0.25, 0.3) is 5.56 Å². The maximum atomic E-state index is 11.6. The van der Waals surface area contributed by atoms with Gasteiger partial charge in [-0.2, -0.15) is 4.98 Å². The molecule has 1 aliphatic heterocycles. The molecule has 0 aromatic carbocycles. The number of nitrogens with zero attached hydrogens (tertiary/aromatic N) is 3. The van der Waals surface area contributed by atoms with Crippen LogP contribution in [0.15, 0.2) is 17.4 Å². The molecule has 2 aromatic heterocycles. The van der Waals surface area contributed by atoms with Gasteiger partial charge in [0.1, 0.15) is 18.7 Å². The molecule has 1 atom stereocenters. The van der Waals surface area contributed by atoms with Crippen molar-refractivity contribution in [1.29, 1.82) is 0 Å². The minimum absolute atomic E-state index is 0.0347. The number of H-pyrrole nitrogens is 1. The fourth-order valence-corrected chi connectivity index (χ4v) is 1.90. The number of rotatable bonds is 2. The van der Waals surface area contributed by atoms with Crippen LogP contribution >= 0.6 is 0 Å². The maximum Gasteiger partial charge on any atom is 0.280 e. The van der Waals surface area contributed by atoms with E-state index in [-0.39, 0.29) is 29.7 Å². The minimum Gasteiger partial charge on any atom is -0.493 e. The van der Waals surface area contributed by atoms with Gasteiger partial charge in [0.05, 0.1) is 12.3 Å². The summed E-state index contributed by atoms with van der Waals surface area (Å²) in [5.74, 6) is 0.0347. The first-order chi connectivity index (χ1) is 8.69. The largest absolute Gasteiger partial charge is 0.493 e. The van der Waals surface area contributed by atoms with Crippen molar-refractivity contribution in [3.63, 3.8) is 0 Å². The number of aliphatic hydroxyl groups excluding tert-OH is 1. The van der Waals surface area contributed by atoms with Crippen molar-refractivity contribution in [3.8, 4) is 0 Å². The summed E-state index contributed by atoms with van der Waals surface area (Å²) < 4.78 is 6.88. The third-order valence-electron chi connectivity index (χ3n) is 2.77. The molecule has 0 spiro atoms. The Morgan fingerprint density at radius 1 is 1.67 bits per heavy atom. The Kier molecular flexibility index (Phi) is 2.30. The van der Waals surface area contributed by atoms with Crippen molar-refractivity contribution in [2.75, 3.05) is 12.3 Å². The summed E-state index contributed by atoms with van der Waals surface area (Å²) in [4.78, 5) is 22.0. The monoisotopic (exact) mass is 249 g/mol. The number of nitrogens with one attached hydrogen (secondary N) is 1. The fourth-order valence-electron chi connectivity index (χ4n) is 1.90. The Labute approximate surface area is 101 Å². The van der Waals surface area contributed by atoms with E-state index in [0.29, 0.717) is 12.1 Å². The van der Waals surface area contributed by atoms with Gasteiger partial charge < -0.3 is 15.6 Å². The highest BCUT2D eigenvalue weighted by Gasteiger charge is 2.21. The molecule has 0 aliphatic carbocycles. The lowest BCUT2D eigenvalue weighted by atomic mass is 10.2. The van der Waals surface area contributed by atoms with E-state index in [9.17, 15) is 4.79 Å². The molecule has 2 aromatic rings. The minimum atomic E-state index is -0.380. The van der Waals surface area contributed by atoms with Gasteiger partial charge >= 0.3 is 0 Å². The summed E-state index contributed by atoms with van der Waals surface area (Å²) >= 11 is 0. The summed E-state index contributed by atoms with van der Waals surface area (Å²) in [6, 6.07) is 0. The summed E-state index contributed by atoms with van der Waals surface area (Å²) in [5, 5.41) is 9.01. The van der Waals surface area contributed by atoms with Crippen LogP contribution in [0.4, 0.5) is 5.95 Å². The standard InChI is InChI=1S/C10H11N5O3/c11-10-13-8-7(9(17)14-10)12-4-15(8)5-1-6(2-16)18-3-5/h3-4,6,16H,1-2H2,(H3,11,13,14,17). The van der Waals surface area contributed by atoms with Gasteiger partial charge in [-0.1, -0.05) is 0 Å². The fraction of sp³-hybridized carbons (Fsp3) is 0.300. The highest BCUT2D eigenvalue weighted by atomic mass is 16.5. The first-order valence-corrected chi connectivity index (χ1v) is 5.37. The van der Waals surface area contributed by atoms with Crippen molar-refractivity contribution >= 4 is 22.8 Å². The summed E-state index contributed by atoms with van der Waals surface area (Å²) in [6.07, 6.45) is 3.27. The average Bonchev–Trinajstić information content (AvgIpc) is 2.93. The highest BCUT2D eigenvalue weighted by molar-refractivity contribution is 5.75. The van der Waals surface area contributed by atoms with Crippen LogP contribution in [0.25, 0.3) is 16.9 Å². The SMILES string of the molecule is Nc1nc2c(ncn2C2=COC(CO)C2)c(=O)[nH]1. The molecule has 0 bridgehead atoms. The Morgan fingerprint density at radius 2 is 2.50 bits per heavy atom. The first-order valence-electron chi connectivity index (χ1n) is 5.37. The molecule has 0 saturated carbocycles. The molecule has 18 heavy (non-hydrogen) atoms. The smallest absolute Gasteiger partial charge is 0.280 e. The highest BCUT2D eigenvalue weighted by Crippen LogP contribution is 2.24. The molecule has 0 radical (unpaired) electrons. The van der Waals surface area contributed by atoms with Crippen LogP contribution in [0.2, 0.25) is 0 Å². The molecule has 3 rings (SSSR count). The number of ether oxygens (including phenoxy) is 1. The predicted octanol–water partition coefficient (Wildman–Crippen LogP) is -0.719. The molecular formula is C10H11N5O3. The molecular weight excluding hydrogens is 238 g/mol. The number of aromatic amines is 1. The van der Waals surface area contributed by atoms with Crippen LogP contribution in [-0.4, -0.2) is 37.3 Å². The van der Waals surface area contributed by atoms with Gasteiger partial charge in [-0.15, -0.1) is 0 Å². The van der Waals surface area contributed by atoms with E-state index in [1.54, 1.807) is 4.57 Å². The van der Waals surface area contributed by atoms with Gasteiger partial charge in [0, 0.05) is 6.42 Å². The molecule has 0 amide bonds. The normalized spacial score (nSPS) is 18.9. The first kappa shape index (κ1) is 10.8. The van der Waals surface area contributed by atoms with Crippen molar-refractivity contribution in [2.24, 2.45) is 0 Å². The summed E-state index contributed by atoms with van der Waals surface area (Å²) in [6.45, 7) is -0.0667. The van der Waals surface area contributed by atoms with Crippen molar-refractivity contribution in [3.05, 3.63) is 22.9 Å². The van der Waals surface area contributed by atoms with E-state index in [0.717, 1.165) is 5.70 Å². The lowest BCUT2D eigenvalue weighted by molar-refractivity contribution is 0.0965. The number of nitrogens with two attached hydrogens (primary N) is 1. The molecule has 4 N–H and O–H groups in total. The van der Waals surface area contributed by atoms with Crippen LogP contribution in [0, 0.1) is 0 Å². The zero-order chi connectivity index (χ0) is 12.7. The molecule has 8 heteroatoms. The number of nitrogen functional groups attached to an aromatic ring is 1. The Balaban J connectivity index is 2.11. The number of hydrogen-bond acceptors (Lipinski definition) is 6. The van der Waals surface area contributed by atoms with Crippen LogP contribution in [0.5, 0.6) is 0 Å². The molecule has 3 heterocycles. The molecule has 94 valence electrons. The Morgan fingerprint density at radius 3 is 3.22 bits per heavy atom. The molecule has 1 unspecified atom stereocenters. The number of anilines is 1. The zero-order valence-electron chi connectivity index (χ0n) is 9.33. The van der Waals surface area contributed by atoms with E-state index in [1.807, 2.05) is 0 Å². The molecule has 8 nitrogen and oxygen atoms in total. The second kappa shape index (κ2) is 3.84. The number of fused-ring (bicyclic) bond motifs is 1. The van der Waals surface area contributed by atoms with Crippen LogP contribution in [-0.2, 0) is 4.74 Å². The van der Waals surface area contributed by atoms with Gasteiger partial charge in [-0.3, -0.25) is 14.3 Å². The van der Waals surface area contributed by atoms with Gasteiger partial charge in [0.15, 0.2) is 11.2 Å². The van der Waals surface area contributed by atoms with E-state index < -0.39 is 0 Å². The van der Waals surface area contributed by atoms with Crippen molar-refractivity contribution < 1.29 is 9.84 Å². The lowest BCUT2D eigenvalue weighted by Crippen LogP contribution is -2.13. The van der Waals surface area contributed by atoms with E-state index in [1.165, 1.54) is 12.6 Å². The van der Waals surface area contributed by atoms with Gasteiger partial charge in [-0.25, -0.2) is 4.98 Å². The van der Waals surface area contributed by atoms with Crippen LogP contribution in [0.1, 0.15) is 6.42 Å². The second-order valence-corrected chi connectivity index (χ2v) is 3.99. The predicted molar refractivity (Wildman–Crippen MR) is 63.4 cm³/mol. The third-order valence-corrected chi connectivity index (χ3v) is 2.77. The van der Waals surface area contributed by atoms with Gasteiger partial charge in [-0.05, 0) is 0 Å². The second-order valence-electron chi connectivity index (χ2n) is 3.99. The third kappa shape index (κ3) is 1.54. The topological polar surface area (TPSA) is 119 Å².